The Morgan fingerprint density at radius 1 is 1.45 bits per heavy atom. The second-order valence-electron chi connectivity index (χ2n) is 5.87. The molecule has 3 aliphatic rings. The maximum Gasteiger partial charge on any atom is 0.166 e. The number of benzene rings is 1. The quantitative estimate of drug-likeness (QED) is 0.762. The fourth-order valence-electron chi connectivity index (χ4n) is 3.87. The van der Waals surface area contributed by atoms with Gasteiger partial charge in [-0.2, -0.15) is 0 Å². The fourth-order valence-corrected chi connectivity index (χ4v) is 3.87. The molecule has 20 heavy (non-hydrogen) atoms. The molecule has 2 aliphatic heterocycles. The first-order valence-electron chi connectivity index (χ1n) is 7.20. The highest BCUT2D eigenvalue weighted by atomic mass is 16.5. The van der Waals surface area contributed by atoms with Crippen molar-refractivity contribution in [2.24, 2.45) is 0 Å². The Morgan fingerprint density at radius 2 is 2.35 bits per heavy atom. The number of methoxy groups -OCH3 is 1. The van der Waals surface area contributed by atoms with Crippen molar-refractivity contribution in [2.45, 2.75) is 37.0 Å². The van der Waals surface area contributed by atoms with E-state index in [-0.39, 0.29) is 11.5 Å². The lowest BCUT2D eigenvalue weighted by Gasteiger charge is -2.35. The van der Waals surface area contributed by atoms with Gasteiger partial charge in [-0.15, -0.1) is 0 Å². The number of hydrogen-bond donors (Lipinski definition) is 2. The predicted octanol–water partition coefficient (Wildman–Crippen LogP) is 1.51. The molecule has 2 unspecified atom stereocenters. The monoisotopic (exact) mass is 273 g/mol. The van der Waals surface area contributed by atoms with Crippen molar-refractivity contribution in [1.29, 1.82) is 0 Å². The van der Waals surface area contributed by atoms with Gasteiger partial charge in [0.1, 0.15) is 6.10 Å². The Bertz CT molecular complexity index is 583. The van der Waals surface area contributed by atoms with E-state index in [0.717, 1.165) is 31.0 Å². The summed E-state index contributed by atoms with van der Waals surface area (Å²) in [5.74, 6) is 1.67. The molecule has 4 rings (SSSR count). The van der Waals surface area contributed by atoms with Gasteiger partial charge < -0.3 is 19.9 Å². The van der Waals surface area contributed by atoms with Crippen LogP contribution in [0.3, 0.4) is 0 Å². The molecule has 4 heteroatoms. The number of aliphatic hydroxyl groups excluding tert-OH is 1. The van der Waals surface area contributed by atoms with Crippen LogP contribution in [0.25, 0.3) is 0 Å². The van der Waals surface area contributed by atoms with Gasteiger partial charge in [-0.1, -0.05) is 18.2 Å². The van der Waals surface area contributed by atoms with E-state index in [4.69, 9.17) is 9.47 Å². The first-order chi connectivity index (χ1) is 9.74. The molecule has 0 bridgehead atoms. The Kier molecular flexibility index (Phi) is 2.59. The van der Waals surface area contributed by atoms with E-state index in [0.29, 0.717) is 6.42 Å². The van der Waals surface area contributed by atoms with Crippen LogP contribution in [-0.4, -0.2) is 31.0 Å². The largest absolute Gasteiger partial charge is 0.493 e. The maximum atomic E-state index is 9.92. The number of ether oxygens (including phenoxy) is 2. The Hall–Kier alpha value is -1.52. The summed E-state index contributed by atoms with van der Waals surface area (Å²) >= 11 is 0. The molecular weight excluding hydrogens is 254 g/mol. The fraction of sp³-hybridized carbons (Fsp3) is 0.500. The third-order valence-electron chi connectivity index (χ3n) is 4.83. The molecule has 0 fully saturated rings. The van der Waals surface area contributed by atoms with Crippen LogP contribution in [-0.2, 0) is 12.0 Å². The predicted molar refractivity (Wildman–Crippen MR) is 75.2 cm³/mol. The molecule has 0 saturated heterocycles. The lowest BCUT2D eigenvalue weighted by Crippen LogP contribution is -2.42. The highest BCUT2D eigenvalue weighted by Crippen LogP contribution is 2.55. The van der Waals surface area contributed by atoms with E-state index in [2.05, 4.69) is 17.5 Å². The minimum Gasteiger partial charge on any atom is -0.493 e. The lowest BCUT2D eigenvalue weighted by molar-refractivity contribution is 0.0851. The molecule has 3 atom stereocenters. The lowest BCUT2D eigenvalue weighted by atomic mass is 9.69. The van der Waals surface area contributed by atoms with Gasteiger partial charge in [0.25, 0.3) is 0 Å². The number of rotatable bonds is 1. The highest BCUT2D eigenvalue weighted by Gasteiger charge is 2.52. The van der Waals surface area contributed by atoms with E-state index in [1.54, 1.807) is 7.11 Å². The van der Waals surface area contributed by atoms with Gasteiger partial charge in [0.15, 0.2) is 11.5 Å². The maximum absolute atomic E-state index is 9.92. The average Bonchev–Trinajstić information content (AvgIpc) is 2.66. The molecule has 106 valence electrons. The molecule has 1 aromatic carbocycles. The van der Waals surface area contributed by atoms with Crippen LogP contribution in [0.5, 0.6) is 11.5 Å². The third-order valence-corrected chi connectivity index (χ3v) is 4.83. The molecule has 2 N–H and O–H groups in total. The molecule has 1 aliphatic carbocycles. The topological polar surface area (TPSA) is 50.7 Å². The zero-order valence-corrected chi connectivity index (χ0v) is 11.6. The normalized spacial score (nSPS) is 33.9. The summed E-state index contributed by atoms with van der Waals surface area (Å²) < 4.78 is 11.7. The van der Waals surface area contributed by atoms with Crippen molar-refractivity contribution in [3.8, 4) is 11.5 Å². The third kappa shape index (κ3) is 1.49. The van der Waals surface area contributed by atoms with Gasteiger partial charge in [-0.3, -0.25) is 0 Å². The molecular formula is C16H19NO3. The molecule has 0 radical (unpaired) electrons. The molecule has 1 spiro atoms. The highest BCUT2D eigenvalue weighted by molar-refractivity contribution is 5.60. The van der Waals surface area contributed by atoms with Gasteiger partial charge in [0, 0.05) is 18.5 Å². The molecule has 1 aromatic rings. The summed E-state index contributed by atoms with van der Waals surface area (Å²) in [6, 6.07) is 4.11. The van der Waals surface area contributed by atoms with Crippen molar-refractivity contribution in [1.82, 2.24) is 5.32 Å². The van der Waals surface area contributed by atoms with Crippen molar-refractivity contribution in [3.05, 3.63) is 35.4 Å². The molecule has 2 heterocycles. The van der Waals surface area contributed by atoms with Crippen LogP contribution in [0.4, 0.5) is 0 Å². The standard InChI is InChI=1S/C16H19NO3/c1-19-12-3-2-10-9-17-7-6-16-5-4-11(18)8-13(16)20-15(12)14(10)16/h2-5,11,13,17-18H,6-9H2,1H3/t11?,13-,16?/m0/s1. The van der Waals surface area contributed by atoms with Crippen molar-refractivity contribution < 1.29 is 14.6 Å². The van der Waals surface area contributed by atoms with Crippen LogP contribution in [0.1, 0.15) is 24.0 Å². The summed E-state index contributed by atoms with van der Waals surface area (Å²) in [6.45, 7) is 1.82. The number of aliphatic hydroxyl groups is 1. The van der Waals surface area contributed by atoms with Gasteiger partial charge in [-0.25, -0.2) is 0 Å². The molecule has 0 amide bonds. The summed E-state index contributed by atoms with van der Waals surface area (Å²) in [5.41, 5.74) is 2.43. The minimum atomic E-state index is -0.411. The summed E-state index contributed by atoms with van der Waals surface area (Å²) in [5, 5.41) is 13.4. The molecule has 0 saturated carbocycles. The first kappa shape index (κ1) is 12.2. The van der Waals surface area contributed by atoms with Gasteiger partial charge in [-0.05, 0) is 24.6 Å². The Labute approximate surface area is 118 Å². The van der Waals surface area contributed by atoms with Crippen LogP contribution >= 0.6 is 0 Å². The summed E-state index contributed by atoms with van der Waals surface area (Å²) in [6.07, 6.45) is 5.32. The molecule has 0 aromatic heterocycles. The minimum absolute atomic E-state index is 0.00690. The number of nitrogens with one attached hydrogen (secondary N) is 1. The zero-order valence-electron chi connectivity index (χ0n) is 11.6. The Balaban J connectivity index is 1.96. The van der Waals surface area contributed by atoms with E-state index in [1.807, 2.05) is 12.1 Å². The average molecular weight is 273 g/mol. The van der Waals surface area contributed by atoms with Crippen LogP contribution < -0.4 is 14.8 Å². The second-order valence-corrected chi connectivity index (χ2v) is 5.87. The second kappa shape index (κ2) is 4.24. The van der Waals surface area contributed by atoms with Crippen LogP contribution in [0.15, 0.2) is 24.3 Å². The van der Waals surface area contributed by atoms with E-state index in [1.165, 1.54) is 11.1 Å². The van der Waals surface area contributed by atoms with Gasteiger partial charge >= 0.3 is 0 Å². The molecule has 4 nitrogen and oxygen atoms in total. The SMILES string of the molecule is COc1ccc2c3c1O[C@H]1CC(O)C=CC31CCNC2. The van der Waals surface area contributed by atoms with Crippen molar-refractivity contribution in [2.75, 3.05) is 13.7 Å². The summed E-state index contributed by atoms with van der Waals surface area (Å²) in [7, 11) is 1.68. The zero-order chi connectivity index (χ0) is 13.7. The van der Waals surface area contributed by atoms with Crippen LogP contribution in [0, 0.1) is 0 Å². The first-order valence-corrected chi connectivity index (χ1v) is 7.20. The van der Waals surface area contributed by atoms with Crippen molar-refractivity contribution >= 4 is 0 Å². The van der Waals surface area contributed by atoms with E-state index in [9.17, 15) is 5.11 Å². The van der Waals surface area contributed by atoms with E-state index >= 15 is 0 Å². The van der Waals surface area contributed by atoms with Gasteiger partial charge in [0.05, 0.1) is 18.6 Å². The Morgan fingerprint density at radius 3 is 3.20 bits per heavy atom. The smallest absolute Gasteiger partial charge is 0.166 e. The summed E-state index contributed by atoms with van der Waals surface area (Å²) in [4.78, 5) is 0. The number of hydrogen-bond acceptors (Lipinski definition) is 4. The van der Waals surface area contributed by atoms with Gasteiger partial charge in [0.2, 0.25) is 0 Å². The van der Waals surface area contributed by atoms with Crippen molar-refractivity contribution in [3.63, 3.8) is 0 Å². The van der Waals surface area contributed by atoms with Crippen LogP contribution in [0.2, 0.25) is 0 Å². The van der Waals surface area contributed by atoms with E-state index < -0.39 is 6.10 Å².